The molecule has 0 radical (unpaired) electrons. The Kier molecular flexibility index (Phi) is 3.07. The summed E-state index contributed by atoms with van der Waals surface area (Å²) >= 11 is 0. The Morgan fingerprint density at radius 3 is 2.27 bits per heavy atom. The SMILES string of the molecule is CC(C)(C)C(=O)Nc1ccc(F)c(F)c1. The number of halogens is 2. The van der Waals surface area contributed by atoms with Crippen molar-refractivity contribution in [3.8, 4) is 0 Å². The van der Waals surface area contributed by atoms with Crippen molar-refractivity contribution < 1.29 is 13.6 Å². The highest BCUT2D eigenvalue weighted by Gasteiger charge is 2.21. The number of anilines is 1. The summed E-state index contributed by atoms with van der Waals surface area (Å²) in [6.45, 7) is 5.21. The van der Waals surface area contributed by atoms with E-state index in [4.69, 9.17) is 0 Å². The van der Waals surface area contributed by atoms with Gasteiger partial charge in [0.1, 0.15) is 0 Å². The van der Waals surface area contributed by atoms with E-state index in [1.165, 1.54) is 6.07 Å². The third kappa shape index (κ3) is 3.01. The van der Waals surface area contributed by atoms with Crippen molar-refractivity contribution in [2.24, 2.45) is 5.41 Å². The highest BCUT2D eigenvalue weighted by atomic mass is 19.2. The van der Waals surface area contributed by atoms with Gasteiger partial charge in [0.05, 0.1) is 0 Å². The Morgan fingerprint density at radius 1 is 1.20 bits per heavy atom. The standard InChI is InChI=1S/C11H13F2NO/c1-11(2,3)10(15)14-7-4-5-8(12)9(13)6-7/h4-6H,1-3H3,(H,14,15). The normalized spacial score (nSPS) is 11.3. The van der Waals surface area contributed by atoms with Crippen molar-refractivity contribution in [1.29, 1.82) is 0 Å². The minimum atomic E-state index is -0.971. The average molecular weight is 213 g/mol. The monoisotopic (exact) mass is 213 g/mol. The predicted octanol–water partition coefficient (Wildman–Crippen LogP) is 2.95. The molecule has 0 aromatic heterocycles. The van der Waals surface area contributed by atoms with E-state index in [2.05, 4.69) is 5.32 Å². The molecule has 82 valence electrons. The van der Waals surface area contributed by atoms with Gasteiger partial charge in [-0.2, -0.15) is 0 Å². The molecule has 4 heteroatoms. The Hall–Kier alpha value is -1.45. The number of hydrogen-bond acceptors (Lipinski definition) is 1. The van der Waals surface area contributed by atoms with Gasteiger partial charge in [0, 0.05) is 17.2 Å². The molecule has 0 saturated heterocycles. The lowest BCUT2D eigenvalue weighted by molar-refractivity contribution is -0.123. The summed E-state index contributed by atoms with van der Waals surface area (Å²) in [5, 5.41) is 2.50. The van der Waals surface area contributed by atoms with Crippen LogP contribution < -0.4 is 5.32 Å². The largest absolute Gasteiger partial charge is 0.326 e. The maximum atomic E-state index is 12.8. The van der Waals surface area contributed by atoms with Crippen LogP contribution >= 0.6 is 0 Å². The number of rotatable bonds is 1. The highest BCUT2D eigenvalue weighted by Crippen LogP contribution is 2.18. The fourth-order valence-electron chi connectivity index (χ4n) is 0.892. The molecule has 0 atom stereocenters. The molecule has 1 rings (SSSR count). The highest BCUT2D eigenvalue weighted by molar-refractivity contribution is 5.94. The van der Waals surface area contributed by atoms with Gasteiger partial charge >= 0.3 is 0 Å². The topological polar surface area (TPSA) is 29.1 Å². The predicted molar refractivity (Wildman–Crippen MR) is 54.4 cm³/mol. The summed E-state index contributed by atoms with van der Waals surface area (Å²) in [6.07, 6.45) is 0. The van der Waals surface area contributed by atoms with Crippen molar-refractivity contribution in [3.63, 3.8) is 0 Å². The second kappa shape index (κ2) is 3.96. The molecule has 0 aliphatic rings. The van der Waals surface area contributed by atoms with Crippen LogP contribution in [0.4, 0.5) is 14.5 Å². The molecular weight excluding hydrogens is 200 g/mol. The molecule has 0 fully saturated rings. The summed E-state index contributed by atoms with van der Waals surface area (Å²) < 4.78 is 25.4. The zero-order valence-corrected chi connectivity index (χ0v) is 8.90. The van der Waals surface area contributed by atoms with Crippen molar-refractivity contribution in [3.05, 3.63) is 29.8 Å². The van der Waals surface area contributed by atoms with Gasteiger partial charge in [-0.15, -0.1) is 0 Å². The van der Waals surface area contributed by atoms with Crippen LogP contribution in [0.25, 0.3) is 0 Å². The maximum absolute atomic E-state index is 12.8. The van der Waals surface area contributed by atoms with E-state index < -0.39 is 17.0 Å². The molecule has 1 aromatic rings. The smallest absolute Gasteiger partial charge is 0.229 e. The van der Waals surface area contributed by atoms with Crippen molar-refractivity contribution in [2.45, 2.75) is 20.8 Å². The first kappa shape index (κ1) is 11.6. The van der Waals surface area contributed by atoms with Gasteiger partial charge < -0.3 is 5.32 Å². The summed E-state index contributed by atoms with van der Waals surface area (Å²) in [5.74, 6) is -2.14. The van der Waals surface area contributed by atoms with Gasteiger partial charge in [0.15, 0.2) is 11.6 Å². The molecule has 1 aromatic carbocycles. The fourth-order valence-corrected chi connectivity index (χ4v) is 0.892. The number of nitrogens with one attached hydrogen (secondary N) is 1. The molecule has 0 aliphatic heterocycles. The van der Waals surface area contributed by atoms with Gasteiger partial charge in [-0.05, 0) is 12.1 Å². The van der Waals surface area contributed by atoms with E-state index in [0.29, 0.717) is 0 Å². The van der Waals surface area contributed by atoms with E-state index in [0.717, 1.165) is 12.1 Å². The van der Waals surface area contributed by atoms with Crippen LogP contribution in [-0.4, -0.2) is 5.91 Å². The van der Waals surface area contributed by atoms with E-state index in [1.807, 2.05) is 0 Å². The first-order chi connectivity index (χ1) is 6.80. The van der Waals surface area contributed by atoms with Crippen LogP contribution in [0.3, 0.4) is 0 Å². The van der Waals surface area contributed by atoms with E-state index in [1.54, 1.807) is 20.8 Å². The van der Waals surface area contributed by atoms with Crippen LogP contribution in [0.2, 0.25) is 0 Å². The molecule has 0 aliphatic carbocycles. The molecule has 0 bridgehead atoms. The minimum absolute atomic E-state index is 0.242. The second-order valence-corrected chi connectivity index (χ2v) is 4.33. The zero-order chi connectivity index (χ0) is 11.6. The maximum Gasteiger partial charge on any atom is 0.229 e. The number of carbonyl (C=O) groups is 1. The molecule has 0 spiro atoms. The molecule has 1 amide bonds. The lowest BCUT2D eigenvalue weighted by Gasteiger charge is -2.17. The molecule has 0 unspecified atom stereocenters. The van der Waals surface area contributed by atoms with Crippen LogP contribution in [-0.2, 0) is 4.79 Å². The van der Waals surface area contributed by atoms with Crippen LogP contribution in [0.5, 0.6) is 0 Å². The molecule has 0 heterocycles. The number of amides is 1. The van der Waals surface area contributed by atoms with Gasteiger partial charge in [-0.3, -0.25) is 4.79 Å². The molecule has 1 N–H and O–H groups in total. The van der Waals surface area contributed by atoms with Crippen LogP contribution in [0.1, 0.15) is 20.8 Å². The first-order valence-electron chi connectivity index (χ1n) is 4.57. The van der Waals surface area contributed by atoms with E-state index >= 15 is 0 Å². The van der Waals surface area contributed by atoms with Crippen molar-refractivity contribution in [2.75, 3.05) is 5.32 Å². The third-order valence-corrected chi connectivity index (χ3v) is 1.86. The summed E-state index contributed by atoms with van der Waals surface area (Å²) in [4.78, 5) is 11.5. The minimum Gasteiger partial charge on any atom is -0.326 e. The van der Waals surface area contributed by atoms with Crippen LogP contribution in [0, 0.1) is 17.0 Å². The average Bonchev–Trinajstić information content (AvgIpc) is 2.10. The Balaban J connectivity index is 2.83. The number of hydrogen-bond donors (Lipinski definition) is 1. The van der Waals surface area contributed by atoms with Gasteiger partial charge in [0.2, 0.25) is 5.91 Å². The second-order valence-electron chi connectivity index (χ2n) is 4.33. The van der Waals surface area contributed by atoms with Crippen molar-refractivity contribution in [1.82, 2.24) is 0 Å². The van der Waals surface area contributed by atoms with Crippen molar-refractivity contribution >= 4 is 11.6 Å². The quantitative estimate of drug-likeness (QED) is 0.763. The number of benzene rings is 1. The summed E-state index contributed by atoms with van der Waals surface area (Å²) in [5.41, 5.74) is -0.306. The molecule has 2 nitrogen and oxygen atoms in total. The van der Waals surface area contributed by atoms with E-state index in [9.17, 15) is 13.6 Å². The third-order valence-electron chi connectivity index (χ3n) is 1.86. The molecule has 15 heavy (non-hydrogen) atoms. The molecular formula is C11H13F2NO. The Labute approximate surface area is 87.3 Å². The summed E-state index contributed by atoms with van der Waals surface area (Å²) in [7, 11) is 0. The lowest BCUT2D eigenvalue weighted by atomic mass is 9.95. The first-order valence-corrected chi connectivity index (χ1v) is 4.57. The fraction of sp³-hybridized carbons (Fsp3) is 0.364. The van der Waals surface area contributed by atoms with Gasteiger partial charge in [-0.25, -0.2) is 8.78 Å². The Morgan fingerprint density at radius 2 is 1.80 bits per heavy atom. The van der Waals surface area contributed by atoms with E-state index in [-0.39, 0.29) is 11.6 Å². The zero-order valence-electron chi connectivity index (χ0n) is 8.90. The lowest BCUT2D eigenvalue weighted by Crippen LogP contribution is -2.27. The number of carbonyl (C=O) groups excluding carboxylic acids is 1. The van der Waals surface area contributed by atoms with Crippen LogP contribution in [0.15, 0.2) is 18.2 Å². The van der Waals surface area contributed by atoms with Gasteiger partial charge in [0.25, 0.3) is 0 Å². The summed E-state index contributed by atoms with van der Waals surface area (Å²) in [6, 6.07) is 3.26. The Bertz CT molecular complexity index is 383. The molecule has 0 saturated carbocycles. The van der Waals surface area contributed by atoms with Gasteiger partial charge in [-0.1, -0.05) is 20.8 Å².